The number of rotatable bonds is 3. The molecular weight excluding hydrogens is 234 g/mol. The molecule has 1 unspecified atom stereocenters. The van der Waals surface area contributed by atoms with Gasteiger partial charge in [-0.05, 0) is 13.0 Å². The van der Waals surface area contributed by atoms with E-state index < -0.39 is 0 Å². The van der Waals surface area contributed by atoms with Crippen LogP contribution >= 0.6 is 0 Å². The Labute approximate surface area is 104 Å². The highest BCUT2D eigenvalue weighted by Crippen LogP contribution is 2.02. The summed E-state index contributed by atoms with van der Waals surface area (Å²) in [7, 11) is 0. The van der Waals surface area contributed by atoms with Crippen molar-refractivity contribution in [1.82, 2.24) is 14.8 Å². The first-order valence-electron chi connectivity index (χ1n) is 5.82. The van der Waals surface area contributed by atoms with Crippen molar-refractivity contribution >= 4 is 11.8 Å². The maximum Gasteiger partial charge on any atom is 0.250 e. The summed E-state index contributed by atoms with van der Waals surface area (Å²) in [6.07, 6.45) is 1.64. The van der Waals surface area contributed by atoms with Crippen LogP contribution in [-0.2, 0) is 16.1 Å². The highest BCUT2D eigenvalue weighted by Gasteiger charge is 2.30. The van der Waals surface area contributed by atoms with Gasteiger partial charge in [-0.2, -0.15) is 0 Å². The van der Waals surface area contributed by atoms with E-state index in [4.69, 9.17) is 0 Å². The molecule has 96 valence electrons. The van der Waals surface area contributed by atoms with Crippen molar-refractivity contribution in [3.05, 3.63) is 34.7 Å². The van der Waals surface area contributed by atoms with Gasteiger partial charge < -0.3 is 4.57 Å². The lowest BCUT2D eigenvalue weighted by Gasteiger charge is -2.29. The Morgan fingerprint density at radius 3 is 2.78 bits per heavy atom. The molecule has 1 aliphatic rings. The number of nitrogens with one attached hydrogen (secondary N) is 1. The van der Waals surface area contributed by atoms with E-state index in [1.165, 1.54) is 15.5 Å². The summed E-state index contributed by atoms with van der Waals surface area (Å²) in [6.45, 7) is 2.44. The zero-order valence-corrected chi connectivity index (χ0v) is 10.1. The SMILES string of the molecule is CC1NCC(=O)N(CCn2ccccc2=O)C1=O. The third-order valence-corrected chi connectivity index (χ3v) is 2.96. The van der Waals surface area contributed by atoms with Gasteiger partial charge in [0.1, 0.15) is 0 Å². The van der Waals surface area contributed by atoms with Crippen molar-refractivity contribution in [2.45, 2.75) is 19.5 Å². The third kappa shape index (κ3) is 2.48. The number of nitrogens with zero attached hydrogens (tertiary/aromatic N) is 2. The van der Waals surface area contributed by atoms with E-state index in [-0.39, 0.29) is 36.5 Å². The van der Waals surface area contributed by atoms with E-state index in [0.29, 0.717) is 6.54 Å². The second kappa shape index (κ2) is 5.14. The fourth-order valence-electron chi connectivity index (χ4n) is 1.87. The fourth-order valence-corrected chi connectivity index (χ4v) is 1.87. The molecule has 6 nitrogen and oxygen atoms in total. The number of pyridine rings is 1. The van der Waals surface area contributed by atoms with Gasteiger partial charge in [0.15, 0.2) is 0 Å². The number of hydrogen-bond donors (Lipinski definition) is 1. The average molecular weight is 249 g/mol. The van der Waals surface area contributed by atoms with Crippen LogP contribution in [0.25, 0.3) is 0 Å². The summed E-state index contributed by atoms with van der Waals surface area (Å²) < 4.78 is 1.48. The summed E-state index contributed by atoms with van der Waals surface area (Å²) in [5, 5.41) is 2.81. The maximum absolute atomic E-state index is 11.8. The van der Waals surface area contributed by atoms with Gasteiger partial charge in [-0.1, -0.05) is 6.07 Å². The molecule has 6 heteroatoms. The number of carbonyl (C=O) groups is 2. The minimum atomic E-state index is -0.352. The summed E-state index contributed by atoms with van der Waals surface area (Å²) >= 11 is 0. The van der Waals surface area contributed by atoms with Crippen molar-refractivity contribution < 1.29 is 9.59 Å². The second-order valence-electron chi connectivity index (χ2n) is 4.22. The van der Waals surface area contributed by atoms with Gasteiger partial charge in [0.2, 0.25) is 11.8 Å². The average Bonchev–Trinajstić information content (AvgIpc) is 2.36. The molecule has 0 radical (unpaired) electrons. The second-order valence-corrected chi connectivity index (χ2v) is 4.22. The predicted octanol–water partition coefficient (Wildman–Crippen LogP) is -0.805. The van der Waals surface area contributed by atoms with Gasteiger partial charge in [-0.25, -0.2) is 0 Å². The van der Waals surface area contributed by atoms with E-state index in [9.17, 15) is 14.4 Å². The van der Waals surface area contributed by atoms with E-state index >= 15 is 0 Å². The van der Waals surface area contributed by atoms with Crippen molar-refractivity contribution in [2.75, 3.05) is 13.1 Å². The van der Waals surface area contributed by atoms with E-state index in [0.717, 1.165) is 0 Å². The number of hydrogen-bond acceptors (Lipinski definition) is 4. The molecule has 1 aromatic heterocycles. The van der Waals surface area contributed by atoms with Crippen molar-refractivity contribution in [1.29, 1.82) is 0 Å². The predicted molar refractivity (Wildman–Crippen MR) is 64.9 cm³/mol. The molecule has 2 amide bonds. The maximum atomic E-state index is 11.8. The van der Waals surface area contributed by atoms with Crippen LogP contribution in [0, 0.1) is 0 Å². The highest BCUT2D eigenvalue weighted by molar-refractivity contribution is 6.00. The molecule has 2 rings (SSSR count). The quantitative estimate of drug-likeness (QED) is 0.712. The van der Waals surface area contributed by atoms with Crippen LogP contribution < -0.4 is 10.9 Å². The Morgan fingerprint density at radius 1 is 1.28 bits per heavy atom. The monoisotopic (exact) mass is 249 g/mol. The van der Waals surface area contributed by atoms with Crippen LogP contribution in [0.5, 0.6) is 0 Å². The normalized spacial score (nSPS) is 20.3. The number of piperazine rings is 1. The smallest absolute Gasteiger partial charge is 0.250 e. The lowest BCUT2D eigenvalue weighted by Crippen LogP contribution is -2.57. The largest absolute Gasteiger partial charge is 0.314 e. The van der Waals surface area contributed by atoms with Crippen LogP contribution in [0.4, 0.5) is 0 Å². The molecule has 0 aromatic carbocycles. The van der Waals surface area contributed by atoms with E-state index in [1.807, 2.05) is 0 Å². The van der Waals surface area contributed by atoms with E-state index in [1.54, 1.807) is 25.3 Å². The van der Waals surface area contributed by atoms with Crippen LogP contribution in [0.2, 0.25) is 0 Å². The summed E-state index contributed by atoms with van der Waals surface area (Å²) in [5.74, 6) is -0.489. The van der Waals surface area contributed by atoms with Gasteiger partial charge in [0, 0.05) is 25.4 Å². The molecule has 1 aliphatic heterocycles. The summed E-state index contributed by atoms with van der Waals surface area (Å²) in [5.41, 5.74) is -0.138. The lowest BCUT2D eigenvalue weighted by atomic mass is 10.2. The van der Waals surface area contributed by atoms with Crippen molar-refractivity contribution in [2.24, 2.45) is 0 Å². The number of carbonyl (C=O) groups excluding carboxylic acids is 2. The molecule has 0 aliphatic carbocycles. The molecule has 1 N–H and O–H groups in total. The zero-order chi connectivity index (χ0) is 13.1. The van der Waals surface area contributed by atoms with Crippen molar-refractivity contribution in [3.8, 4) is 0 Å². The Bertz CT molecular complexity index is 523. The fraction of sp³-hybridized carbons (Fsp3) is 0.417. The van der Waals surface area contributed by atoms with Crippen LogP contribution in [0.1, 0.15) is 6.92 Å². The lowest BCUT2D eigenvalue weighted by molar-refractivity contribution is -0.149. The number of amides is 2. The van der Waals surface area contributed by atoms with Gasteiger partial charge in [-0.15, -0.1) is 0 Å². The minimum Gasteiger partial charge on any atom is -0.314 e. The molecule has 1 saturated heterocycles. The molecular formula is C12H15N3O3. The van der Waals surface area contributed by atoms with Crippen LogP contribution in [-0.4, -0.2) is 40.4 Å². The number of aromatic nitrogens is 1. The zero-order valence-electron chi connectivity index (χ0n) is 10.1. The molecule has 0 bridgehead atoms. The Hall–Kier alpha value is -1.95. The van der Waals surface area contributed by atoms with E-state index in [2.05, 4.69) is 5.32 Å². The first-order chi connectivity index (χ1) is 8.59. The van der Waals surface area contributed by atoms with Gasteiger partial charge in [-0.3, -0.25) is 24.6 Å². The molecule has 1 aromatic rings. The summed E-state index contributed by atoms with van der Waals surface area (Å²) in [4.78, 5) is 36.1. The molecule has 18 heavy (non-hydrogen) atoms. The van der Waals surface area contributed by atoms with Crippen LogP contribution in [0.15, 0.2) is 29.2 Å². The number of imide groups is 1. The first kappa shape index (κ1) is 12.5. The molecule has 0 spiro atoms. The van der Waals surface area contributed by atoms with Gasteiger partial charge in [0.05, 0.1) is 12.6 Å². The van der Waals surface area contributed by atoms with Gasteiger partial charge in [0.25, 0.3) is 5.56 Å². The Balaban J connectivity index is 2.05. The van der Waals surface area contributed by atoms with Crippen LogP contribution in [0.3, 0.4) is 0 Å². The molecule has 1 fully saturated rings. The molecule has 1 atom stereocenters. The van der Waals surface area contributed by atoms with Crippen molar-refractivity contribution in [3.63, 3.8) is 0 Å². The molecule has 0 saturated carbocycles. The highest BCUT2D eigenvalue weighted by atomic mass is 16.2. The van der Waals surface area contributed by atoms with Gasteiger partial charge >= 0.3 is 0 Å². The molecule has 2 heterocycles. The Kier molecular flexibility index (Phi) is 3.57. The first-order valence-corrected chi connectivity index (χ1v) is 5.82. The third-order valence-electron chi connectivity index (χ3n) is 2.96. The Morgan fingerprint density at radius 2 is 2.06 bits per heavy atom. The standard InChI is InChI=1S/C12H15N3O3/c1-9-12(18)15(11(17)8-13-9)7-6-14-5-3-2-4-10(14)16/h2-5,9,13H,6-8H2,1H3. The minimum absolute atomic E-state index is 0.138. The summed E-state index contributed by atoms with van der Waals surface area (Å²) in [6, 6.07) is 4.49. The topological polar surface area (TPSA) is 71.4 Å².